The summed E-state index contributed by atoms with van der Waals surface area (Å²) in [6.07, 6.45) is 0.425. The van der Waals surface area contributed by atoms with Crippen LogP contribution in [-0.4, -0.2) is 15.8 Å². The third kappa shape index (κ3) is 3.04. The van der Waals surface area contributed by atoms with Crippen LogP contribution in [0.3, 0.4) is 0 Å². The van der Waals surface area contributed by atoms with E-state index in [0.717, 1.165) is 5.56 Å². The minimum absolute atomic E-state index is 0.0593. The van der Waals surface area contributed by atoms with Gasteiger partial charge in [-0.15, -0.1) is 11.3 Å². The molecule has 3 aromatic rings. The van der Waals surface area contributed by atoms with E-state index in [-0.39, 0.29) is 11.3 Å². The van der Waals surface area contributed by atoms with Crippen LogP contribution in [-0.2, 0) is 6.42 Å². The number of aromatic amines is 1. The Balaban J connectivity index is 2.07. The zero-order valence-corrected chi connectivity index (χ0v) is 14.7. The molecule has 0 saturated heterocycles. The van der Waals surface area contributed by atoms with Crippen molar-refractivity contribution in [3.8, 4) is 0 Å². The maximum Gasteiger partial charge on any atom is 0.259 e. The number of rotatable bonds is 3. The Morgan fingerprint density at radius 3 is 2.70 bits per heavy atom. The van der Waals surface area contributed by atoms with E-state index in [9.17, 15) is 9.59 Å². The number of hydrogen-bond donors (Lipinski definition) is 1. The predicted octanol–water partition coefficient (Wildman–Crippen LogP) is 4.39. The highest BCUT2D eigenvalue weighted by Crippen LogP contribution is 2.28. The number of H-pyrrole nitrogens is 1. The summed E-state index contributed by atoms with van der Waals surface area (Å²) < 4.78 is 0. The van der Waals surface area contributed by atoms with Gasteiger partial charge >= 0.3 is 0 Å². The van der Waals surface area contributed by atoms with Crippen LogP contribution in [0.25, 0.3) is 10.2 Å². The molecule has 0 amide bonds. The van der Waals surface area contributed by atoms with Gasteiger partial charge in [0.1, 0.15) is 10.7 Å². The molecule has 0 aliphatic carbocycles. The number of carbonyl (C=O) groups excluding carboxylic acids is 1. The number of fused-ring (bicyclic) bond motifs is 1. The molecule has 2 aromatic heterocycles. The fourth-order valence-corrected chi connectivity index (χ4v) is 3.87. The highest BCUT2D eigenvalue weighted by atomic mass is 35.5. The van der Waals surface area contributed by atoms with Gasteiger partial charge in [-0.3, -0.25) is 9.59 Å². The van der Waals surface area contributed by atoms with Gasteiger partial charge in [-0.2, -0.15) is 0 Å². The summed E-state index contributed by atoms with van der Waals surface area (Å²) >= 11 is 13.2. The third-order valence-electron chi connectivity index (χ3n) is 3.52. The second-order valence-electron chi connectivity index (χ2n) is 5.23. The van der Waals surface area contributed by atoms with Crippen LogP contribution in [0.15, 0.2) is 23.0 Å². The smallest absolute Gasteiger partial charge is 0.259 e. The van der Waals surface area contributed by atoms with E-state index in [1.54, 1.807) is 19.1 Å². The quantitative estimate of drug-likeness (QED) is 0.699. The molecule has 0 saturated carbocycles. The molecule has 0 atom stereocenters. The van der Waals surface area contributed by atoms with Crippen molar-refractivity contribution in [3.63, 3.8) is 0 Å². The Morgan fingerprint density at radius 1 is 1.30 bits per heavy atom. The lowest BCUT2D eigenvalue weighted by molar-refractivity contribution is 0.102. The molecule has 4 nitrogen and oxygen atoms in total. The number of nitrogens with zero attached hydrogens (tertiary/aromatic N) is 1. The van der Waals surface area contributed by atoms with E-state index in [1.807, 2.05) is 6.07 Å². The number of benzene rings is 1. The van der Waals surface area contributed by atoms with E-state index >= 15 is 0 Å². The molecule has 0 spiro atoms. The average molecular weight is 367 g/mol. The van der Waals surface area contributed by atoms with Crippen molar-refractivity contribution >= 4 is 50.5 Å². The topological polar surface area (TPSA) is 62.8 Å². The highest BCUT2D eigenvalue weighted by molar-refractivity contribution is 7.20. The average Bonchev–Trinajstić information content (AvgIpc) is 2.80. The zero-order chi connectivity index (χ0) is 16.7. The molecule has 7 heteroatoms. The minimum Gasteiger partial charge on any atom is -0.310 e. The molecule has 0 bridgehead atoms. The molecule has 0 radical (unpaired) electrons. The highest BCUT2D eigenvalue weighted by Gasteiger charge is 2.17. The molecule has 23 heavy (non-hydrogen) atoms. The van der Waals surface area contributed by atoms with Crippen LogP contribution in [0, 0.1) is 6.92 Å². The molecule has 0 aliphatic rings. The molecule has 0 unspecified atom stereocenters. The Hall–Kier alpha value is -1.69. The largest absolute Gasteiger partial charge is 0.310 e. The molecule has 0 fully saturated rings. The summed E-state index contributed by atoms with van der Waals surface area (Å²) in [5, 5.41) is 1.42. The Morgan fingerprint density at radius 2 is 2.04 bits per heavy atom. The molecule has 2 heterocycles. The standard InChI is InChI=1S/C16H12Cl2N2O2S/c1-7-13-15(22)19-12(20-16(13)23-14(7)8(2)21)6-9-3-4-10(17)11(18)5-9/h3-5H,6H2,1-2H3,(H,19,20,22). The van der Waals surface area contributed by atoms with Crippen LogP contribution in [0.5, 0.6) is 0 Å². The summed E-state index contributed by atoms with van der Waals surface area (Å²) in [5.41, 5.74) is 1.35. The van der Waals surface area contributed by atoms with Crippen molar-refractivity contribution < 1.29 is 4.79 Å². The number of hydrogen-bond acceptors (Lipinski definition) is 4. The van der Waals surface area contributed by atoms with Crippen LogP contribution < -0.4 is 5.56 Å². The first-order chi connectivity index (χ1) is 10.9. The molecule has 1 N–H and O–H groups in total. The van der Waals surface area contributed by atoms with Crippen LogP contribution >= 0.6 is 34.5 Å². The van der Waals surface area contributed by atoms with Crippen LogP contribution in [0.1, 0.15) is 33.5 Å². The lowest BCUT2D eigenvalue weighted by Gasteiger charge is -2.03. The number of aryl methyl sites for hydroxylation is 1. The van der Waals surface area contributed by atoms with Gasteiger partial charge in [-0.25, -0.2) is 4.98 Å². The van der Waals surface area contributed by atoms with Crippen molar-refractivity contribution in [2.45, 2.75) is 20.3 Å². The number of Topliss-reactive ketones (excluding diaryl/α,β-unsaturated/α-hetero) is 1. The fourth-order valence-electron chi connectivity index (χ4n) is 2.45. The van der Waals surface area contributed by atoms with Crippen molar-refractivity contribution in [1.82, 2.24) is 9.97 Å². The Labute approximate surface area is 146 Å². The second-order valence-corrected chi connectivity index (χ2v) is 7.04. The van der Waals surface area contributed by atoms with E-state index in [1.165, 1.54) is 18.3 Å². The van der Waals surface area contributed by atoms with E-state index in [4.69, 9.17) is 23.2 Å². The predicted molar refractivity (Wildman–Crippen MR) is 94.3 cm³/mol. The summed E-state index contributed by atoms with van der Waals surface area (Å²) in [4.78, 5) is 32.4. The van der Waals surface area contributed by atoms with Gasteiger partial charge in [0.2, 0.25) is 0 Å². The van der Waals surface area contributed by atoms with E-state index in [2.05, 4.69) is 9.97 Å². The van der Waals surface area contributed by atoms with Gasteiger partial charge in [0.15, 0.2) is 5.78 Å². The summed E-state index contributed by atoms with van der Waals surface area (Å²) in [7, 11) is 0. The molecule has 118 valence electrons. The summed E-state index contributed by atoms with van der Waals surface area (Å²) in [6, 6.07) is 5.28. The number of ketones is 1. The van der Waals surface area contributed by atoms with Crippen molar-refractivity contribution in [2.24, 2.45) is 0 Å². The van der Waals surface area contributed by atoms with Crippen molar-refractivity contribution in [2.75, 3.05) is 0 Å². The van der Waals surface area contributed by atoms with Crippen LogP contribution in [0.2, 0.25) is 10.0 Å². The van der Waals surface area contributed by atoms with E-state index in [0.29, 0.717) is 42.9 Å². The molecular weight excluding hydrogens is 355 g/mol. The minimum atomic E-state index is -0.230. The lowest BCUT2D eigenvalue weighted by atomic mass is 10.1. The molecule has 1 aromatic carbocycles. The van der Waals surface area contributed by atoms with Gasteiger partial charge in [-0.05, 0) is 37.1 Å². The lowest BCUT2D eigenvalue weighted by Crippen LogP contribution is -2.12. The van der Waals surface area contributed by atoms with Gasteiger partial charge in [0.05, 0.1) is 20.3 Å². The van der Waals surface area contributed by atoms with Crippen molar-refractivity contribution in [3.05, 3.63) is 60.4 Å². The molecule has 0 aliphatic heterocycles. The number of aromatic nitrogens is 2. The van der Waals surface area contributed by atoms with Crippen LogP contribution in [0.4, 0.5) is 0 Å². The Bertz CT molecular complexity index is 992. The number of carbonyl (C=O) groups is 1. The first-order valence-electron chi connectivity index (χ1n) is 6.84. The van der Waals surface area contributed by atoms with E-state index < -0.39 is 0 Å². The second kappa shape index (κ2) is 6.07. The number of nitrogens with one attached hydrogen (secondary N) is 1. The fraction of sp³-hybridized carbons (Fsp3) is 0.188. The summed E-state index contributed by atoms with van der Waals surface area (Å²) in [6.45, 7) is 3.26. The first-order valence-corrected chi connectivity index (χ1v) is 8.41. The van der Waals surface area contributed by atoms with Crippen molar-refractivity contribution in [1.29, 1.82) is 0 Å². The van der Waals surface area contributed by atoms with Gasteiger partial charge < -0.3 is 4.98 Å². The monoisotopic (exact) mass is 366 g/mol. The summed E-state index contributed by atoms with van der Waals surface area (Å²) in [5.74, 6) is 0.466. The molecule has 3 rings (SSSR count). The SMILES string of the molecule is CC(=O)c1sc2nc(Cc3ccc(Cl)c(Cl)c3)[nH]c(=O)c2c1C. The van der Waals surface area contributed by atoms with Gasteiger partial charge in [-0.1, -0.05) is 29.3 Å². The maximum absolute atomic E-state index is 12.3. The Kier molecular flexibility index (Phi) is 4.27. The first kappa shape index (κ1) is 16.2. The zero-order valence-electron chi connectivity index (χ0n) is 12.4. The number of thiophene rings is 1. The normalized spacial score (nSPS) is 11.1. The molecular formula is C16H12Cl2N2O2S. The number of halogens is 2. The van der Waals surface area contributed by atoms with Gasteiger partial charge in [0, 0.05) is 6.42 Å². The van der Waals surface area contributed by atoms with Gasteiger partial charge in [0.25, 0.3) is 5.56 Å². The third-order valence-corrected chi connectivity index (χ3v) is 5.55. The maximum atomic E-state index is 12.3.